The number of aromatic nitrogens is 1. The SMILES string of the molecule is CCS(=O)(=O)CC(C)(O)c1cc2cc(C#N)c(C(F)(F)F)cc2[nH]1. The van der Waals surface area contributed by atoms with Crippen molar-refractivity contribution in [1.82, 2.24) is 4.98 Å². The molecule has 1 aromatic carbocycles. The van der Waals surface area contributed by atoms with E-state index >= 15 is 0 Å². The highest BCUT2D eigenvalue weighted by atomic mass is 32.2. The summed E-state index contributed by atoms with van der Waals surface area (Å²) in [6, 6.07) is 4.68. The topological polar surface area (TPSA) is 93.9 Å². The van der Waals surface area contributed by atoms with Gasteiger partial charge in [0, 0.05) is 22.3 Å². The molecular weight excluding hydrogens is 345 g/mol. The number of H-pyrrole nitrogens is 1. The molecular formula is C15H15F3N2O3S. The summed E-state index contributed by atoms with van der Waals surface area (Å²) in [7, 11) is -3.51. The van der Waals surface area contributed by atoms with Gasteiger partial charge in [-0.05, 0) is 25.1 Å². The second kappa shape index (κ2) is 5.79. The first-order valence-corrected chi connectivity index (χ1v) is 8.79. The van der Waals surface area contributed by atoms with E-state index in [1.807, 2.05) is 0 Å². The third-order valence-electron chi connectivity index (χ3n) is 3.71. The van der Waals surface area contributed by atoms with E-state index in [1.54, 1.807) is 0 Å². The van der Waals surface area contributed by atoms with E-state index in [4.69, 9.17) is 5.26 Å². The summed E-state index contributed by atoms with van der Waals surface area (Å²) in [5, 5.41) is 19.6. The van der Waals surface area contributed by atoms with Gasteiger partial charge < -0.3 is 10.1 Å². The minimum absolute atomic E-state index is 0.0606. The molecule has 0 saturated carbocycles. The number of hydrogen-bond acceptors (Lipinski definition) is 4. The fraction of sp³-hybridized carbons (Fsp3) is 0.400. The molecule has 0 amide bonds. The smallest absolute Gasteiger partial charge is 0.383 e. The number of halogens is 3. The third-order valence-corrected chi connectivity index (χ3v) is 5.59. The van der Waals surface area contributed by atoms with Crippen molar-refractivity contribution in [3.8, 4) is 6.07 Å². The van der Waals surface area contributed by atoms with E-state index in [9.17, 15) is 26.7 Å². The molecule has 1 aromatic heterocycles. The summed E-state index contributed by atoms with van der Waals surface area (Å²) in [6.07, 6.45) is -4.70. The van der Waals surface area contributed by atoms with Gasteiger partial charge in [0.1, 0.15) is 5.60 Å². The Morgan fingerprint density at radius 1 is 1.29 bits per heavy atom. The van der Waals surface area contributed by atoms with Gasteiger partial charge in [-0.1, -0.05) is 6.92 Å². The highest BCUT2D eigenvalue weighted by Gasteiger charge is 2.35. The van der Waals surface area contributed by atoms with Gasteiger partial charge in [-0.3, -0.25) is 0 Å². The fourth-order valence-corrected chi connectivity index (χ4v) is 3.62. The van der Waals surface area contributed by atoms with Crippen molar-refractivity contribution in [1.29, 1.82) is 5.26 Å². The van der Waals surface area contributed by atoms with E-state index in [0.717, 1.165) is 12.1 Å². The Kier molecular flexibility index (Phi) is 4.41. The number of aliphatic hydroxyl groups is 1. The Morgan fingerprint density at radius 3 is 2.42 bits per heavy atom. The van der Waals surface area contributed by atoms with Gasteiger partial charge in [-0.2, -0.15) is 18.4 Å². The molecule has 1 atom stereocenters. The zero-order valence-electron chi connectivity index (χ0n) is 12.9. The van der Waals surface area contributed by atoms with Gasteiger partial charge in [-0.25, -0.2) is 8.42 Å². The van der Waals surface area contributed by atoms with Gasteiger partial charge in [-0.15, -0.1) is 0 Å². The molecule has 0 saturated heterocycles. The number of alkyl halides is 3. The maximum Gasteiger partial charge on any atom is 0.417 e. The predicted octanol–water partition coefficient (Wildman–Crippen LogP) is 2.70. The van der Waals surface area contributed by atoms with Crippen LogP contribution in [0.5, 0.6) is 0 Å². The predicted molar refractivity (Wildman–Crippen MR) is 81.9 cm³/mol. The number of rotatable bonds is 4. The van der Waals surface area contributed by atoms with Gasteiger partial charge in [0.2, 0.25) is 0 Å². The summed E-state index contributed by atoms with van der Waals surface area (Å²) in [4.78, 5) is 2.62. The van der Waals surface area contributed by atoms with Crippen molar-refractivity contribution in [2.75, 3.05) is 11.5 Å². The number of nitrogens with one attached hydrogen (secondary N) is 1. The number of nitriles is 1. The molecule has 1 unspecified atom stereocenters. The molecule has 2 rings (SSSR count). The summed E-state index contributed by atoms with van der Waals surface area (Å²) < 4.78 is 62.4. The van der Waals surface area contributed by atoms with Gasteiger partial charge in [0.15, 0.2) is 9.84 Å². The summed E-state index contributed by atoms with van der Waals surface area (Å²) in [6.45, 7) is 2.70. The average molecular weight is 360 g/mol. The van der Waals surface area contributed by atoms with Crippen LogP contribution in [0.15, 0.2) is 18.2 Å². The first-order chi connectivity index (χ1) is 10.9. The molecule has 24 heavy (non-hydrogen) atoms. The standard InChI is InChI=1S/C15H15F3N2O3S/c1-3-24(22,23)8-14(2,21)13-5-9-4-10(7-19)11(15(16,17)18)6-12(9)20-13/h4-6,20-21H,3,8H2,1-2H3. The van der Waals surface area contributed by atoms with Gasteiger partial charge in [0.05, 0.1) is 22.9 Å². The molecule has 0 fully saturated rings. The van der Waals surface area contributed by atoms with E-state index in [2.05, 4.69) is 4.98 Å². The minimum Gasteiger partial charge on any atom is -0.383 e. The number of fused-ring (bicyclic) bond motifs is 1. The molecule has 0 spiro atoms. The van der Waals surface area contributed by atoms with Crippen LogP contribution in [0.3, 0.4) is 0 Å². The van der Waals surface area contributed by atoms with Crippen LogP contribution >= 0.6 is 0 Å². The molecule has 0 radical (unpaired) electrons. The molecule has 9 heteroatoms. The lowest BCUT2D eigenvalue weighted by Crippen LogP contribution is -2.32. The second-order valence-corrected chi connectivity index (χ2v) is 8.08. The van der Waals surface area contributed by atoms with Crippen LogP contribution in [-0.2, 0) is 21.6 Å². The molecule has 2 N–H and O–H groups in total. The monoisotopic (exact) mass is 360 g/mol. The van der Waals surface area contributed by atoms with Crippen LogP contribution in [0, 0.1) is 11.3 Å². The Morgan fingerprint density at radius 2 is 1.92 bits per heavy atom. The number of sulfone groups is 1. The first kappa shape index (κ1) is 18.3. The molecule has 130 valence electrons. The number of nitrogens with zero attached hydrogens (tertiary/aromatic N) is 1. The van der Waals surface area contributed by atoms with Crippen LogP contribution in [0.4, 0.5) is 13.2 Å². The van der Waals surface area contributed by atoms with Crippen LogP contribution in [-0.4, -0.2) is 30.0 Å². The normalized spacial score (nSPS) is 15.2. The maximum absolute atomic E-state index is 13.0. The molecule has 0 aliphatic rings. The van der Waals surface area contributed by atoms with Crippen LogP contribution < -0.4 is 0 Å². The maximum atomic E-state index is 13.0. The van der Waals surface area contributed by atoms with E-state index in [-0.39, 0.29) is 22.3 Å². The van der Waals surface area contributed by atoms with Gasteiger partial charge >= 0.3 is 6.18 Å². The lowest BCUT2D eigenvalue weighted by atomic mass is 10.0. The van der Waals surface area contributed by atoms with E-state index in [0.29, 0.717) is 0 Å². The number of hydrogen-bond donors (Lipinski definition) is 2. The molecule has 0 aliphatic carbocycles. The Labute approximate surface area is 136 Å². The minimum atomic E-state index is -4.70. The zero-order valence-corrected chi connectivity index (χ0v) is 13.7. The van der Waals surface area contributed by atoms with Crippen LogP contribution in [0.1, 0.15) is 30.7 Å². The van der Waals surface area contributed by atoms with Crippen molar-refractivity contribution in [3.05, 3.63) is 35.0 Å². The van der Waals surface area contributed by atoms with Crippen molar-refractivity contribution in [3.63, 3.8) is 0 Å². The highest BCUT2D eigenvalue weighted by molar-refractivity contribution is 7.91. The van der Waals surface area contributed by atoms with Crippen molar-refractivity contribution in [2.45, 2.75) is 25.6 Å². The van der Waals surface area contributed by atoms with Crippen LogP contribution in [0.25, 0.3) is 10.9 Å². The molecule has 5 nitrogen and oxygen atoms in total. The van der Waals surface area contributed by atoms with Crippen molar-refractivity contribution >= 4 is 20.7 Å². The zero-order chi connectivity index (χ0) is 18.3. The molecule has 0 bridgehead atoms. The third kappa shape index (κ3) is 3.55. The van der Waals surface area contributed by atoms with E-state index in [1.165, 1.54) is 26.0 Å². The average Bonchev–Trinajstić information content (AvgIpc) is 2.87. The van der Waals surface area contributed by atoms with Crippen molar-refractivity contribution < 1.29 is 26.7 Å². The fourth-order valence-electron chi connectivity index (χ4n) is 2.41. The Balaban J connectivity index is 2.58. The van der Waals surface area contributed by atoms with Crippen LogP contribution in [0.2, 0.25) is 0 Å². The van der Waals surface area contributed by atoms with E-state index < -0.39 is 38.5 Å². The lowest BCUT2D eigenvalue weighted by molar-refractivity contribution is -0.137. The molecule has 1 heterocycles. The highest BCUT2D eigenvalue weighted by Crippen LogP contribution is 2.35. The number of aromatic amines is 1. The van der Waals surface area contributed by atoms with Gasteiger partial charge in [0.25, 0.3) is 0 Å². The lowest BCUT2D eigenvalue weighted by Gasteiger charge is -2.21. The quantitative estimate of drug-likeness (QED) is 0.877. The number of benzene rings is 1. The Bertz CT molecular complexity index is 922. The van der Waals surface area contributed by atoms with Crippen molar-refractivity contribution in [2.24, 2.45) is 0 Å². The summed E-state index contributed by atoms with van der Waals surface area (Å²) in [5.74, 6) is -0.735. The summed E-state index contributed by atoms with van der Waals surface area (Å²) >= 11 is 0. The second-order valence-electron chi connectivity index (χ2n) is 5.73. The summed E-state index contributed by atoms with van der Waals surface area (Å²) in [5.41, 5.74) is -3.30. The molecule has 0 aliphatic heterocycles. The Hall–Kier alpha value is -2.05. The first-order valence-electron chi connectivity index (χ1n) is 6.97. The molecule has 2 aromatic rings. The largest absolute Gasteiger partial charge is 0.417 e.